The molecule has 204 valence electrons. The Bertz CT molecular complexity index is 1290. The molecule has 3 aromatic rings. The summed E-state index contributed by atoms with van der Waals surface area (Å²) in [4.78, 5) is 33.6. The zero-order chi connectivity index (χ0) is 26.8. The molecule has 1 aliphatic carbocycles. The van der Waals surface area contributed by atoms with E-state index in [4.69, 9.17) is 0 Å². The lowest BCUT2D eigenvalue weighted by Crippen LogP contribution is -2.51. The van der Waals surface area contributed by atoms with Crippen LogP contribution in [0.5, 0.6) is 0 Å². The van der Waals surface area contributed by atoms with E-state index in [0.29, 0.717) is 18.0 Å². The summed E-state index contributed by atoms with van der Waals surface area (Å²) in [7, 11) is 0. The molecule has 1 N–H and O–H groups in total. The molecule has 2 aliphatic heterocycles. The number of amides is 2. The van der Waals surface area contributed by atoms with Crippen molar-refractivity contribution in [2.24, 2.45) is 5.92 Å². The van der Waals surface area contributed by atoms with Crippen LogP contribution in [-0.4, -0.2) is 47.3 Å². The van der Waals surface area contributed by atoms with Crippen molar-refractivity contribution in [1.29, 1.82) is 0 Å². The Balaban J connectivity index is 1.17. The highest BCUT2D eigenvalue weighted by Crippen LogP contribution is 2.47. The maximum Gasteiger partial charge on any atom is 0.254 e. The summed E-state index contributed by atoms with van der Waals surface area (Å²) in [6, 6.07) is 20.7. The van der Waals surface area contributed by atoms with E-state index in [9.17, 15) is 9.59 Å². The Labute approximate surface area is 236 Å². The number of rotatable bonds is 7. The number of nitrogens with one attached hydrogen (secondary N) is 1. The Morgan fingerprint density at radius 1 is 0.974 bits per heavy atom. The van der Waals surface area contributed by atoms with Crippen molar-refractivity contribution in [3.8, 4) is 0 Å². The van der Waals surface area contributed by atoms with Gasteiger partial charge in [0.1, 0.15) is 0 Å². The molecule has 6 heteroatoms. The Morgan fingerprint density at radius 3 is 2.51 bits per heavy atom. The van der Waals surface area contributed by atoms with Gasteiger partial charge in [-0.1, -0.05) is 66.9 Å². The summed E-state index contributed by atoms with van der Waals surface area (Å²) < 4.78 is 0. The number of benzene rings is 2. The third-order valence-corrected chi connectivity index (χ3v) is 9.92. The molecule has 3 aliphatic rings. The molecule has 2 amide bonds. The van der Waals surface area contributed by atoms with Gasteiger partial charge in [0, 0.05) is 29.6 Å². The fourth-order valence-corrected chi connectivity index (χ4v) is 7.81. The third kappa shape index (κ3) is 5.55. The van der Waals surface area contributed by atoms with Crippen molar-refractivity contribution < 1.29 is 9.59 Å². The van der Waals surface area contributed by atoms with Crippen molar-refractivity contribution in [2.45, 2.75) is 70.0 Å². The van der Waals surface area contributed by atoms with E-state index in [1.807, 2.05) is 30.3 Å². The maximum absolute atomic E-state index is 14.1. The van der Waals surface area contributed by atoms with Crippen molar-refractivity contribution >= 4 is 23.2 Å². The summed E-state index contributed by atoms with van der Waals surface area (Å²) in [6.07, 6.45) is 6.51. The molecule has 1 aromatic heterocycles. The second-order valence-corrected chi connectivity index (χ2v) is 12.6. The molecular weight excluding hydrogens is 502 g/mol. The van der Waals surface area contributed by atoms with Crippen LogP contribution < -0.4 is 5.32 Å². The van der Waals surface area contributed by atoms with Crippen LogP contribution >= 0.6 is 11.3 Å². The van der Waals surface area contributed by atoms with Crippen LogP contribution in [0.25, 0.3) is 0 Å². The zero-order valence-electron chi connectivity index (χ0n) is 22.9. The van der Waals surface area contributed by atoms with Crippen LogP contribution in [0, 0.1) is 12.8 Å². The summed E-state index contributed by atoms with van der Waals surface area (Å²) in [5, 5.41) is 5.42. The number of thiophene rings is 1. The molecule has 2 aromatic carbocycles. The van der Waals surface area contributed by atoms with Gasteiger partial charge in [-0.15, -0.1) is 11.3 Å². The normalized spacial score (nSPS) is 22.7. The van der Waals surface area contributed by atoms with Crippen molar-refractivity contribution in [2.75, 3.05) is 19.6 Å². The van der Waals surface area contributed by atoms with Gasteiger partial charge >= 0.3 is 0 Å². The molecule has 1 saturated heterocycles. The first kappa shape index (κ1) is 26.3. The second kappa shape index (κ2) is 11.6. The number of piperidine rings is 1. The molecule has 0 unspecified atom stereocenters. The van der Waals surface area contributed by atoms with Crippen molar-refractivity contribution in [3.05, 3.63) is 93.2 Å². The van der Waals surface area contributed by atoms with E-state index < -0.39 is 0 Å². The minimum atomic E-state index is -0.389. The lowest BCUT2D eigenvalue weighted by molar-refractivity contribution is -0.124. The van der Waals surface area contributed by atoms with Crippen molar-refractivity contribution in [1.82, 2.24) is 15.1 Å². The van der Waals surface area contributed by atoms with Crippen molar-refractivity contribution in [3.63, 3.8) is 0 Å². The predicted molar refractivity (Wildman–Crippen MR) is 157 cm³/mol. The zero-order valence-corrected chi connectivity index (χ0v) is 23.7. The number of carbonyl (C=O) groups excluding carboxylic acids is 2. The van der Waals surface area contributed by atoms with E-state index >= 15 is 0 Å². The van der Waals surface area contributed by atoms with E-state index in [2.05, 4.69) is 57.8 Å². The Kier molecular flexibility index (Phi) is 7.85. The lowest BCUT2D eigenvalue weighted by Gasteiger charge is -2.44. The van der Waals surface area contributed by atoms with E-state index in [1.54, 1.807) is 11.3 Å². The van der Waals surface area contributed by atoms with Gasteiger partial charge in [-0.3, -0.25) is 14.5 Å². The van der Waals surface area contributed by atoms with Crippen LogP contribution in [-0.2, 0) is 11.3 Å². The predicted octanol–water partition coefficient (Wildman–Crippen LogP) is 6.31. The fourth-order valence-electron chi connectivity index (χ4n) is 6.95. The summed E-state index contributed by atoms with van der Waals surface area (Å²) in [6.45, 7) is 5.96. The monoisotopic (exact) mass is 541 g/mol. The first-order valence-electron chi connectivity index (χ1n) is 14.6. The standard InChI is InChI=1S/C33H39N3O2S/c1-23-8-6-9-25(20-23)22-35-17-15-24(16-18-35)21-34-32(37)30-27-12-4-5-13-28(27)33(38)36(26-10-2-3-11-26)31(30)29-14-7-19-39-29/h4-9,12-14,19-20,24,26,30-31H,2-3,10-11,15-18,21-22H2,1H3,(H,34,37)/t30-,31-/m0/s1. The molecule has 5 nitrogen and oxygen atoms in total. The SMILES string of the molecule is Cc1cccc(CN2CCC(CNC(=O)[C@H]3c4ccccc4C(=O)N(C4CCCC4)[C@H]3c3cccs3)CC2)c1. The molecule has 2 atom stereocenters. The minimum Gasteiger partial charge on any atom is -0.355 e. The molecule has 2 fully saturated rings. The first-order valence-corrected chi connectivity index (χ1v) is 15.5. The number of likely N-dealkylation sites (tertiary alicyclic amines) is 1. The second-order valence-electron chi connectivity index (χ2n) is 11.6. The number of aryl methyl sites for hydroxylation is 1. The minimum absolute atomic E-state index is 0.0542. The van der Waals surface area contributed by atoms with Gasteiger partial charge in [0.2, 0.25) is 5.91 Å². The highest BCUT2D eigenvalue weighted by molar-refractivity contribution is 7.10. The highest BCUT2D eigenvalue weighted by atomic mass is 32.1. The highest BCUT2D eigenvalue weighted by Gasteiger charge is 2.47. The van der Waals surface area contributed by atoms with Crippen LogP contribution in [0.2, 0.25) is 0 Å². The van der Waals surface area contributed by atoms with Gasteiger partial charge in [0.05, 0.1) is 12.0 Å². The Hall–Kier alpha value is -2.96. The molecule has 39 heavy (non-hydrogen) atoms. The quantitative estimate of drug-likeness (QED) is 0.382. The van der Waals surface area contributed by atoms with Gasteiger partial charge in [-0.2, -0.15) is 0 Å². The maximum atomic E-state index is 14.1. The smallest absolute Gasteiger partial charge is 0.254 e. The number of hydrogen-bond acceptors (Lipinski definition) is 4. The first-order chi connectivity index (χ1) is 19.1. The van der Waals surface area contributed by atoms with E-state index in [1.165, 1.54) is 11.1 Å². The summed E-state index contributed by atoms with van der Waals surface area (Å²) in [5.41, 5.74) is 4.25. The van der Waals surface area contributed by atoms with Crippen LogP contribution in [0.3, 0.4) is 0 Å². The van der Waals surface area contributed by atoms with Gasteiger partial charge < -0.3 is 10.2 Å². The summed E-state index contributed by atoms with van der Waals surface area (Å²) in [5.74, 6) is 0.230. The largest absolute Gasteiger partial charge is 0.355 e. The van der Waals surface area contributed by atoms with Gasteiger partial charge in [0.15, 0.2) is 0 Å². The van der Waals surface area contributed by atoms with Crippen LogP contribution in [0.15, 0.2) is 66.0 Å². The lowest BCUT2D eigenvalue weighted by atomic mass is 9.80. The molecule has 0 radical (unpaired) electrons. The van der Waals surface area contributed by atoms with Gasteiger partial charge in [0.25, 0.3) is 5.91 Å². The third-order valence-electron chi connectivity index (χ3n) is 8.97. The molecule has 0 spiro atoms. The average Bonchev–Trinajstić information content (AvgIpc) is 3.68. The molecule has 1 saturated carbocycles. The van der Waals surface area contributed by atoms with E-state index in [0.717, 1.165) is 68.6 Å². The van der Waals surface area contributed by atoms with Gasteiger partial charge in [-0.25, -0.2) is 0 Å². The number of carbonyl (C=O) groups is 2. The van der Waals surface area contributed by atoms with Gasteiger partial charge in [-0.05, 0) is 80.3 Å². The number of fused-ring (bicyclic) bond motifs is 1. The molecular formula is C33H39N3O2S. The Morgan fingerprint density at radius 2 is 1.77 bits per heavy atom. The summed E-state index contributed by atoms with van der Waals surface area (Å²) >= 11 is 1.66. The number of nitrogens with zero attached hydrogens (tertiary/aromatic N) is 2. The van der Waals surface area contributed by atoms with Crippen LogP contribution in [0.4, 0.5) is 0 Å². The van der Waals surface area contributed by atoms with E-state index in [-0.39, 0.29) is 29.8 Å². The fraction of sp³-hybridized carbons (Fsp3) is 0.455. The number of hydrogen-bond donors (Lipinski definition) is 1. The molecule has 0 bridgehead atoms. The topological polar surface area (TPSA) is 52.7 Å². The average molecular weight is 542 g/mol. The molecule has 3 heterocycles. The molecule has 6 rings (SSSR count). The van der Waals surface area contributed by atoms with Crippen LogP contribution in [0.1, 0.15) is 82.4 Å².